The van der Waals surface area contributed by atoms with Crippen molar-refractivity contribution < 1.29 is 18.7 Å². The Morgan fingerprint density at radius 3 is 2.78 bits per heavy atom. The summed E-state index contributed by atoms with van der Waals surface area (Å²) in [5.74, 6) is -1.20. The first-order valence-corrected chi connectivity index (χ1v) is 7.92. The van der Waals surface area contributed by atoms with E-state index in [0.717, 1.165) is 6.42 Å². The normalized spacial score (nSPS) is 18.8. The van der Waals surface area contributed by atoms with Crippen molar-refractivity contribution in [3.63, 3.8) is 0 Å². The number of hydrogen-bond acceptors (Lipinski definition) is 3. The average Bonchev–Trinajstić information content (AvgIpc) is 2.93. The number of nitrogens with one attached hydrogen (secondary N) is 2. The third-order valence-electron chi connectivity index (χ3n) is 3.90. The van der Waals surface area contributed by atoms with Crippen LogP contribution in [-0.2, 0) is 0 Å². The van der Waals surface area contributed by atoms with Crippen LogP contribution in [0.5, 0.6) is 0 Å². The SMILES string of the molecule is CCCC(O)CNC(=O)NC1CCN(c2c(F)cccc2F)C1. The van der Waals surface area contributed by atoms with Gasteiger partial charge >= 0.3 is 6.03 Å². The molecule has 1 heterocycles. The number of halogens is 2. The van der Waals surface area contributed by atoms with Crippen molar-refractivity contribution in [2.75, 3.05) is 24.5 Å². The predicted molar refractivity (Wildman–Crippen MR) is 84.4 cm³/mol. The molecule has 128 valence electrons. The van der Waals surface area contributed by atoms with Crippen LogP contribution in [0.2, 0.25) is 0 Å². The molecule has 0 bridgehead atoms. The molecule has 2 unspecified atom stereocenters. The van der Waals surface area contributed by atoms with Gasteiger partial charge in [0.15, 0.2) is 0 Å². The Hall–Kier alpha value is -1.89. The molecule has 0 saturated carbocycles. The van der Waals surface area contributed by atoms with Crippen LogP contribution < -0.4 is 15.5 Å². The number of anilines is 1. The highest BCUT2D eigenvalue weighted by Gasteiger charge is 2.27. The second-order valence-corrected chi connectivity index (χ2v) is 5.80. The van der Waals surface area contributed by atoms with E-state index in [4.69, 9.17) is 0 Å². The van der Waals surface area contributed by atoms with E-state index in [1.54, 1.807) is 4.90 Å². The molecule has 23 heavy (non-hydrogen) atoms. The van der Waals surface area contributed by atoms with Crippen molar-refractivity contribution in [1.29, 1.82) is 0 Å². The van der Waals surface area contributed by atoms with E-state index in [0.29, 0.717) is 25.9 Å². The molecule has 1 aromatic carbocycles. The monoisotopic (exact) mass is 327 g/mol. The molecular weight excluding hydrogens is 304 g/mol. The van der Waals surface area contributed by atoms with Crippen molar-refractivity contribution in [3.05, 3.63) is 29.8 Å². The molecule has 0 radical (unpaired) electrons. The first-order chi connectivity index (χ1) is 11.0. The molecular formula is C16H23F2N3O2. The lowest BCUT2D eigenvalue weighted by Crippen LogP contribution is -2.45. The lowest BCUT2D eigenvalue weighted by molar-refractivity contribution is 0.160. The van der Waals surface area contributed by atoms with Crippen LogP contribution in [0.25, 0.3) is 0 Å². The lowest BCUT2D eigenvalue weighted by Gasteiger charge is -2.20. The molecule has 1 aliphatic rings. The molecule has 3 N–H and O–H groups in total. The minimum absolute atomic E-state index is 0.0458. The smallest absolute Gasteiger partial charge is 0.315 e. The van der Waals surface area contributed by atoms with Crippen molar-refractivity contribution in [2.24, 2.45) is 0 Å². The standard InChI is InChI=1S/C16H23F2N3O2/c1-2-4-12(22)9-19-16(23)20-11-7-8-21(10-11)15-13(17)5-3-6-14(15)18/h3,5-6,11-12,22H,2,4,7-10H2,1H3,(H2,19,20,23). The number of nitrogens with zero attached hydrogens (tertiary/aromatic N) is 1. The number of hydrogen-bond donors (Lipinski definition) is 3. The maximum absolute atomic E-state index is 13.8. The molecule has 1 saturated heterocycles. The predicted octanol–water partition coefficient (Wildman–Crippen LogP) is 2.00. The quantitative estimate of drug-likeness (QED) is 0.749. The minimum atomic E-state index is -0.599. The van der Waals surface area contributed by atoms with Crippen LogP contribution in [-0.4, -0.2) is 42.9 Å². The van der Waals surface area contributed by atoms with Gasteiger partial charge in [-0.3, -0.25) is 0 Å². The third-order valence-corrected chi connectivity index (χ3v) is 3.90. The van der Waals surface area contributed by atoms with Gasteiger partial charge in [0.05, 0.1) is 6.10 Å². The van der Waals surface area contributed by atoms with Gasteiger partial charge in [-0.2, -0.15) is 0 Å². The van der Waals surface area contributed by atoms with Crippen molar-refractivity contribution in [1.82, 2.24) is 10.6 Å². The molecule has 2 rings (SSSR count). The van der Waals surface area contributed by atoms with E-state index in [2.05, 4.69) is 10.6 Å². The number of carbonyl (C=O) groups is 1. The molecule has 0 spiro atoms. The fourth-order valence-electron chi connectivity index (χ4n) is 2.75. The summed E-state index contributed by atoms with van der Waals surface area (Å²) in [5, 5.41) is 14.9. The van der Waals surface area contributed by atoms with Crippen LogP contribution >= 0.6 is 0 Å². The summed E-state index contributed by atoms with van der Waals surface area (Å²) in [7, 11) is 0. The zero-order chi connectivity index (χ0) is 16.8. The number of aliphatic hydroxyl groups excluding tert-OH is 1. The highest BCUT2D eigenvalue weighted by Crippen LogP contribution is 2.26. The summed E-state index contributed by atoms with van der Waals surface area (Å²) in [6.07, 6.45) is 1.53. The van der Waals surface area contributed by atoms with Gasteiger partial charge < -0.3 is 20.6 Å². The Bertz CT molecular complexity index is 522. The van der Waals surface area contributed by atoms with E-state index in [-0.39, 0.29) is 24.3 Å². The molecule has 5 nitrogen and oxygen atoms in total. The number of aliphatic hydroxyl groups is 1. The Morgan fingerprint density at radius 2 is 2.13 bits per heavy atom. The molecule has 1 aliphatic heterocycles. The Morgan fingerprint density at radius 1 is 1.43 bits per heavy atom. The van der Waals surface area contributed by atoms with E-state index in [9.17, 15) is 18.7 Å². The second-order valence-electron chi connectivity index (χ2n) is 5.80. The van der Waals surface area contributed by atoms with Crippen LogP contribution in [0.3, 0.4) is 0 Å². The molecule has 7 heteroatoms. The summed E-state index contributed by atoms with van der Waals surface area (Å²) in [6, 6.07) is 3.22. The first kappa shape index (κ1) is 17.5. The zero-order valence-electron chi connectivity index (χ0n) is 13.2. The van der Waals surface area contributed by atoms with Gasteiger partial charge in [0.2, 0.25) is 0 Å². The van der Waals surface area contributed by atoms with Gasteiger partial charge in [-0.15, -0.1) is 0 Å². The molecule has 2 amide bonds. The molecule has 1 aromatic rings. The third kappa shape index (κ3) is 4.79. The number of amides is 2. The topological polar surface area (TPSA) is 64.6 Å². The van der Waals surface area contributed by atoms with Crippen LogP contribution in [0.4, 0.5) is 19.3 Å². The average molecular weight is 327 g/mol. The maximum Gasteiger partial charge on any atom is 0.315 e. The first-order valence-electron chi connectivity index (χ1n) is 7.92. The summed E-state index contributed by atoms with van der Waals surface area (Å²) in [6.45, 7) is 2.97. The number of para-hydroxylation sites is 1. The largest absolute Gasteiger partial charge is 0.391 e. The molecule has 2 atom stereocenters. The fraction of sp³-hybridized carbons (Fsp3) is 0.562. The number of benzene rings is 1. The van der Waals surface area contributed by atoms with Gasteiger partial charge in [-0.05, 0) is 25.0 Å². The minimum Gasteiger partial charge on any atom is -0.391 e. The summed E-state index contributed by atoms with van der Waals surface area (Å²) in [5.41, 5.74) is -0.0458. The molecule has 0 aliphatic carbocycles. The zero-order valence-corrected chi connectivity index (χ0v) is 13.2. The number of carbonyl (C=O) groups excluding carboxylic acids is 1. The molecule has 1 fully saturated rings. The van der Waals surface area contributed by atoms with Gasteiger partial charge in [0, 0.05) is 25.7 Å². The summed E-state index contributed by atoms with van der Waals surface area (Å²) < 4.78 is 27.5. The van der Waals surface area contributed by atoms with Crippen molar-refractivity contribution >= 4 is 11.7 Å². The maximum atomic E-state index is 13.8. The fourth-order valence-corrected chi connectivity index (χ4v) is 2.75. The van der Waals surface area contributed by atoms with Crippen molar-refractivity contribution in [3.8, 4) is 0 Å². The van der Waals surface area contributed by atoms with E-state index in [1.807, 2.05) is 6.92 Å². The van der Waals surface area contributed by atoms with Crippen LogP contribution in [0, 0.1) is 11.6 Å². The second kappa shape index (κ2) is 8.10. The van der Waals surface area contributed by atoms with Crippen molar-refractivity contribution in [2.45, 2.75) is 38.3 Å². The summed E-state index contributed by atoms with van der Waals surface area (Å²) >= 11 is 0. The van der Waals surface area contributed by atoms with Gasteiger partial charge in [-0.25, -0.2) is 13.6 Å². The van der Waals surface area contributed by atoms with Gasteiger partial charge in [0.25, 0.3) is 0 Å². The summed E-state index contributed by atoms with van der Waals surface area (Å²) in [4.78, 5) is 13.4. The van der Waals surface area contributed by atoms with E-state index >= 15 is 0 Å². The Kier molecular flexibility index (Phi) is 6.15. The molecule has 0 aromatic heterocycles. The highest BCUT2D eigenvalue weighted by atomic mass is 19.1. The van der Waals surface area contributed by atoms with Gasteiger partial charge in [0.1, 0.15) is 17.3 Å². The Balaban J connectivity index is 1.82. The number of rotatable bonds is 6. The van der Waals surface area contributed by atoms with Gasteiger partial charge in [-0.1, -0.05) is 19.4 Å². The van der Waals surface area contributed by atoms with E-state index < -0.39 is 17.7 Å². The van der Waals surface area contributed by atoms with E-state index in [1.165, 1.54) is 18.2 Å². The highest BCUT2D eigenvalue weighted by molar-refractivity contribution is 5.74. The lowest BCUT2D eigenvalue weighted by atomic mass is 10.2. The van der Waals surface area contributed by atoms with Crippen LogP contribution in [0.1, 0.15) is 26.2 Å². The van der Waals surface area contributed by atoms with Crippen LogP contribution in [0.15, 0.2) is 18.2 Å². The number of urea groups is 1. The Labute approximate surface area is 134 Å².